The molecule has 0 spiro atoms. The molecule has 1 aromatic heterocycles. The van der Waals surface area contributed by atoms with Gasteiger partial charge in [-0.1, -0.05) is 18.2 Å². The maximum absolute atomic E-state index is 6.04. The summed E-state index contributed by atoms with van der Waals surface area (Å²) in [5.74, 6) is 1.45. The first kappa shape index (κ1) is 18.7. The molecule has 0 radical (unpaired) electrons. The van der Waals surface area contributed by atoms with Gasteiger partial charge in [-0.2, -0.15) is 0 Å². The first-order chi connectivity index (χ1) is 11.2. The van der Waals surface area contributed by atoms with Crippen molar-refractivity contribution in [2.24, 2.45) is 10.7 Å². The molecule has 3 rings (SSSR count). The molecule has 2 aromatic rings. The largest absolute Gasteiger partial charge is 0.375 e. The molecule has 1 atom stereocenters. The zero-order valence-electron chi connectivity index (χ0n) is 13.8. The summed E-state index contributed by atoms with van der Waals surface area (Å²) in [5, 5.41) is 4.43. The Morgan fingerprint density at radius 3 is 3.04 bits per heavy atom. The average molecular weight is 441 g/mol. The van der Waals surface area contributed by atoms with Gasteiger partial charge < -0.3 is 20.7 Å². The van der Waals surface area contributed by atoms with Gasteiger partial charge in [0.2, 0.25) is 0 Å². The molecule has 2 heterocycles. The molecule has 1 aromatic carbocycles. The number of hydrogen-bond donors (Lipinski definition) is 2. The van der Waals surface area contributed by atoms with Gasteiger partial charge in [-0.15, -0.1) is 24.0 Å². The first-order valence-corrected chi connectivity index (χ1v) is 7.98. The van der Waals surface area contributed by atoms with E-state index in [2.05, 4.69) is 32.3 Å². The molecular formula is C17H24IN5O. The van der Waals surface area contributed by atoms with Gasteiger partial charge in [-0.05, 0) is 25.1 Å². The third kappa shape index (κ3) is 4.94. The van der Waals surface area contributed by atoms with Crippen molar-refractivity contribution >= 4 is 46.7 Å². The number of para-hydroxylation sites is 1. The molecule has 0 amide bonds. The van der Waals surface area contributed by atoms with Crippen LogP contribution >= 0.6 is 24.0 Å². The third-order valence-corrected chi connectivity index (χ3v) is 3.86. The van der Waals surface area contributed by atoms with Crippen LogP contribution in [0, 0.1) is 0 Å². The number of anilines is 1. The zero-order chi connectivity index (χ0) is 16.1. The number of rotatable bonds is 4. The van der Waals surface area contributed by atoms with Gasteiger partial charge in [0.05, 0.1) is 24.8 Å². The number of fused-ring (bicyclic) bond motifs is 1. The highest BCUT2D eigenvalue weighted by atomic mass is 127. The highest BCUT2D eigenvalue weighted by Gasteiger charge is 2.17. The lowest BCUT2D eigenvalue weighted by molar-refractivity contribution is 0.00531. The SMILES string of the molecule is CC1CN(C(N)=NCCNc2ccc3ccccc3n2)CCO1.I. The Bertz CT molecular complexity index is 693. The Hall–Kier alpha value is -1.61. The Labute approximate surface area is 159 Å². The van der Waals surface area contributed by atoms with E-state index < -0.39 is 0 Å². The summed E-state index contributed by atoms with van der Waals surface area (Å²) in [7, 11) is 0. The minimum absolute atomic E-state index is 0. The molecule has 0 saturated carbocycles. The van der Waals surface area contributed by atoms with Crippen molar-refractivity contribution in [2.75, 3.05) is 38.1 Å². The summed E-state index contributed by atoms with van der Waals surface area (Å²) in [5.41, 5.74) is 7.03. The lowest BCUT2D eigenvalue weighted by Crippen LogP contribution is -2.48. The molecule has 0 bridgehead atoms. The lowest BCUT2D eigenvalue weighted by atomic mass is 10.2. The summed E-state index contributed by atoms with van der Waals surface area (Å²) in [6.07, 6.45) is 0.206. The molecule has 6 nitrogen and oxygen atoms in total. The number of pyridine rings is 1. The number of guanidine groups is 1. The van der Waals surface area contributed by atoms with Crippen molar-refractivity contribution < 1.29 is 4.74 Å². The van der Waals surface area contributed by atoms with Gasteiger partial charge in [-0.3, -0.25) is 4.99 Å². The number of nitrogens with one attached hydrogen (secondary N) is 1. The van der Waals surface area contributed by atoms with Crippen LogP contribution in [-0.4, -0.2) is 54.7 Å². The third-order valence-electron chi connectivity index (χ3n) is 3.86. The minimum Gasteiger partial charge on any atom is -0.375 e. The molecular weight excluding hydrogens is 417 g/mol. The van der Waals surface area contributed by atoms with Crippen LogP contribution in [0.25, 0.3) is 10.9 Å². The number of benzene rings is 1. The van der Waals surface area contributed by atoms with E-state index >= 15 is 0 Å². The second-order valence-electron chi connectivity index (χ2n) is 5.68. The molecule has 1 fully saturated rings. The number of nitrogens with zero attached hydrogens (tertiary/aromatic N) is 3. The Balaban J connectivity index is 0.00000208. The first-order valence-electron chi connectivity index (χ1n) is 7.98. The number of nitrogens with two attached hydrogens (primary N) is 1. The Morgan fingerprint density at radius 2 is 2.21 bits per heavy atom. The van der Waals surface area contributed by atoms with Gasteiger partial charge in [0.25, 0.3) is 0 Å². The number of morpholine rings is 1. The molecule has 130 valence electrons. The fourth-order valence-corrected chi connectivity index (χ4v) is 2.65. The lowest BCUT2D eigenvalue weighted by Gasteiger charge is -2.31. The monoisotopic (exact) mass is 441 g/mol. The molecule has 7 heteroatoms. The van der Waals surface area contributed by atoms with Crippen LogP contribution in [-0.2, 0) is 4.74 Å². The van der Waals surface area contributed by atoms with Gasteiger partial charge in [0.15, 0.2) is 5.96 Å². The van der Waals surface area contributed by atoms with E-state index in [1.54, 1.807) is 0 Å². The van der Waals surface area contributed by atoms with Gasteiger partial charge in [0.1, 0.15) is 5.82 Å². The van der Waals surface area contributed by atoms with Crippen molar-refractivity contribution in [1.29, 1.82) is 0 Å². The molecule has 1 aliphatic rings. The van der Waals surface area contributed by atoms with Crippen LogP contribution in [0.15, 0.2) is 41.4 Å². The topological polar surface area (TPSA) is 75.8 Å². The highest BCUT2D eigenvalue weighted by Crippen LogP contribution is 2.14. The van der Waals surface area contributed by atoms with Crippen molar-refractivity contribution in [2.45, 2.75) is 13.0 Å². The molecule has 1 saturated heterocycles. The van der Waals surface area contributed by atoms with Crippen LogP contribution in [0.1, 0.15) is 6.92 Å². The van der Waals surface area contributed by atoms with Gasteiger partial charge in [0, 0.05) is 25.0 Å². The van der Waals surface area contributed by atoms with Crippen LogP contribution in [0.3, 0.4) is 0 Å². The fraction of sp³-hybridized carbons (Fsp3) is 0.412. The van der Waals surface area contributed by atoms with E-state index in [1.807, 2.05) is 31.2 Å². The van der Waals surface area contributed by atoms with E-state index in [9.17, 15) is 0 Å². The maximum atomic E-state index is 6.04. The molecule has 3 N–H and O–H groups in total. The maximum Gasteiger partial charge on any atom is 0.191 e. The van der Waals surface area contributed by atoms with Crippen LogP contribution < -0.4 is 11.1 Å². The molecule has 24 heavy (non-hydrogen) atoms. The molecule has 1 unspecified atom stereocenters. The standard InChI is InChI=1S/C17H23N5O.HI/c1-13-12-22(10-11-23-13)17(18)20-9-8-19-16-7-6-14-4-2-3-5-15(14)21-16;/h2-7,13H,8-12H2,1H3,(H2,18,20)(H,19,21);1H. The number of aliphatic imine (C=N–C) groups is 1. The summed E-state index contributed by atoms with van der Waals surface area (Å²) in [6.45, 7) is 5.68. The second kappa shape index (κ2) is 9.03. The Morgan fingerprint density at radius 1 is 1.38 bits per heavy atom. The summed E-state index contributed by atoms with van der Waals surface area (Å²) >= 11 is 0. The van der Waals surface area contributed by atoms with Gasteiger partial charge in [-0.25, -0.2) is 4.98 Å². The van der Waals surface area contributed by atoms with Crippen LogP contribution in [0.4, 0.5) is 5.82 Å². The Kier molecular flexibility index (Phi) is 7.04. The minimum atomic E-state index is 0. The van der Waals surface area contributed by atoms with E-state index in [0.717, 1.165) is 29.8 Å². The van der Waals surface area contributed by atoms with Crippen molar-refractivity contribution in [1.82, 2.24) is 9.88 Å². The smallest absolute Gasteiger partial charge is 0.191 e. The number of halogens is 1. The van der Waals surface area contributed by atoms with Crippen LogP contribution in [0.5, 0.6) is 0 Å². The van der Waals surface area contributed by atoms with Gasteiger partial charge >= 0.3 is 0 Å². The van der Waals surface area contributed by atoms with Crippen LogP contribution in [0.2, 0.25) is 0 Å². The predicted molar refractivity (Wildman–Crippen MR) is 109 cm³/mol. The van der Waals surface area contributed by atoms with E-state index in [-0.39, 0.29) is 30.1 Å². The van der Waals surface area contributed by atoms with Crippen molar-refractivity contribution in [3.05, 3.63) is 36.4 Å². The highest BCUT2D eigenvalue weighted by molar-refractivity contribution is 14.0. The number of aromatic nitrogens is 1. The van der Waals surface area contributed by atoms with E-state index in [1.165, 1.54) is 0 Å². The fourth-order valence-electron chi connectivity index (χ4n) is 2.65. The second-order valence-corrected chi connectivity index (χ2v) is 5.68. The average Bonchev–Trinajstić information content (AvgIpc) is 2.58. The summed E-state index contributed by atoms with van der Waals surface area (Å²) < 4.78 is 5.50. The quantitative estimate of drug-likeness (QED) is 0.330. The normalized spacial score (nSPS) is 18.3. The zero-order valence-corrected chi connectivity index (χ0v) is 16.1. The van der Waals surface area contributed by atoms with Crippen molar-refractivity contribution in [3.8, 4) is 0 Å². The molecule has 0 aliphatic carbocycles. The number of ether oxygens (including phenoxy) is 1. The van der Waals surface area contributed by atoms with E-state index in [0.29, 0.717) is 25.7 Å². The summed E-state index contributed by atoms with van der Waals surface area (Å²) in [4.78, 5) is 11.1. The number of hydrogen-bond acceptors (Lipinski definition) is 4. The summed E-state index contributed by atoms with van der Waals surface area (Å²) in [6, 6.07) is 12.1. The molecule has 1 aliphatic heterocycles. The van der Waals surface area contributed by atoms with E-state index in [4.69, 9.17) is 10.5 Å². The van der Waals surface area contributed by atoms with Crippen molar-refractivity contribution in [3.63, 3.8) is 0 Å². The predicted octanol–water partition coefficient (Wildman–Crippen LogP) is 2.30.